The predicted molar refractivity (Wildman–Crippen MR) is 199 cm³/mol. The molecule has 214 valence electrons. The maximum absolute atomic E-state index is 9.75. The minimum Gasteiger partial charge on any atom is -0.192 e. The molecule has 0 spiro atoms. The van der Waals surface area contributed by atoms with Gasteiger partial charge >= 0.3 is 0 Å². The number of nitrogens with zero attached hydrogens (tertiary/aromatic N) is 1. The molecule has 0 fully saturated rings. The van der Waals surface area contributed by atoms with Gasteiger partial charge in [-0.05, 0) is 99.1 Å². The van der Waals surface area contributed by atoms with E-state index < -0.39 is 0 Å². The zero-order valence-electron chi connectivity index (χ0n) is 24.7. The van der Waals surface area contributed by atoms with E-state index in [0.717, 1.165) is 11.1 Å². The largest absolute Gasteiger partial charge is 0.192 e. The Balaban J connectivity index is 1.37. The molecule has 0 N–H and O–H groups in total. The van der Waals surface area contributed by atoms with Crippen LogP contribution in [0, 0.1) is 11.3 Å². The van der Waals surface area contributed by atoms with Gasteiger partial charge in [-0.1, -0.05) is 97.1 Å². The lowest BCUT2D eigenvalue weighted by Crippen LogP contribution is -1.93. The Morgan fingerprint density at radius 3 is 1.72 bits per heavy atom. The molecule has 7 aromatic carbocycles. The highest BCUT2D eigenvalue weighted by molar-refractivity contribution is 7.26. The van der Waals surface area contributed by atoms with Crippen LogP contribution >= 0.6 is 22.7 Å². The number of thiophene rings is 2. The van der Waals surface area contributed by atoms with Crippen LogP contribution in [0.3, 0.4) is 0 Å². The van der Waals surface area contributed by atoms with E-state index in [4.69, 9.17) is 0 Å². The molecule has 46 heavy (non-hydrogen) atoms. The Labute approximate surface area is 274 Å². The molecule has 0 amide bonds. The Kier molecular flexibility index (Phi) is 6.31. The normalized spacial score (nSPS) is 11.5. The molecule has 0 saturated heterocycles. The lowest BCUT2D eigenvalue weighted by Gasteiger charge is -2.19. The quantitative estimate of drug-likeness (QED) is 0.192. The van der Waals surface area contributed by atoms with Gasteiger partial charge in [0.05, 0.1) is 11.6 Å². The van der Waals surface area contributed by atoms with Gasteiger partial charge in [0.1, 0.15) is 0 Å². The summed E-state index contributed by atoms with van der Waals surface area (Å²) in [6, 6.07) is 56.8. The second-order valence-electron chi connectivity index (χ2n) is 11.6. The molecule has 2 aromatic heterocycles. The SMILES string of the molecule is N#Cc1cccc(-c2cc(-c3ccc4c(c3)sc3ccccc34)c(-c3ccccc3)c(-c3ccc4sc5ccccc5c4c3)c2)c1. The fourth-order valence-electron chi connectivity index (χ4n) is 6.74. The zero-order valence-corrected chi connectivity index (χ0v) is 26.3. The van der Waals surface area contributed by atoms with Gasteiger partial charge in [-0.25, -0.2) is 0 Å². The van der Waals surface area contributed by atoms with Crippen molar-refractivity contribution in [2.24, 2.45) is 0 Å². The summed E-state index contributed by atoms with van der Waals surface area (Å²) in [7, 11) is 0. The van der Waals surface area contributed by atoms with Crippen LogP contribution in [0.4, 0.5) is 0 Å². The van der Waals surface area contributed by atoms with Crippen molar-refractivity contribution >= 4 is 63.0 Å². The third-order valence-corrected chi connectivity index (χ3v) is 11.2. The molecule has 1 nitrogen and oxygen atoms in total. The van der Waals surface area contributed by atoms with Gasteiger partial charge < -0.3 is 0 Å². The van der Waals surface area contributed by atoms with Crippen LogP contribution in [0.15, 0.2) is 152 Å². The van der Waals surface area contributed by atoms with Crippen LogP contribution in [0.25, 0.3) is 84.9 Å². The summed E-state index contributed by atoms with van der Waals surface area (Å²) in [5, 5.41) is 14.9. The molecule has 9 rings (SSSR count). The van der Waals surface area contributed by atoms with Crippen molar-refractivity contribution in [2.75, 3.05) is 0 Å². The number of hydrogen-bond donors (Lipinski definition) is 0. The average molecular weight is 620 g/mol. The summed E-state index contributed by atoms with van der Waals surface area (Å²) < 4.78 is 5.18. The minimum atomic E-state index is 0.658. The monoisotopic (exact) mass is 619 g/mol. The molecule has 0 aliphatic rings. The number of rotatable bonds is 4. The van der Waals surface area contributed by atoms with E-state index in [0.29, 0.717) is 5.56 Å². The molecule has 0 saturated carbocycles. The molecular weight excluding hydrogens is 595 g/mol. The predicted octanol–water partition coefficient (Wildman–Crippen LogP) is 13.0. The average Bonchev–Trinajstić information content (AvgIpc) is 3.69. The van der Waals surface area contributed by atoms with Crippen molar-refractivity contribution in [2.45, 2.75) is 0 Å². The van der Waals surface area contributed by atoms with E-state index in [9.17, 15) is 5.26 Å². The van der Waals surface area contributed by atoms with E-state index in [1.54, 1.807) is 0 Å². The van der Waals surface area contributed by atoms with Gasteiger partial charge in [0, 0.05) is 40.3 Å². The van der Waals surface area contributed by atoms with Crippen molar-refractivity contribution in [3.8, 4) is 50.6 Å². The van der Waals surface area contributed by atoms with E-state index >= 15 is 0 Å². The Morgan fingerprint density at radius 2 is 0.957 bits per heavy atom. The summed E-state index contributed by atoms with van der Waals surface area (Å²) in [6.45, 7) is 0. The maximum atomic E-state index is 9.75. The van der Waals surface area contributed by atoms with Crippen molar-refractivity contribution < 1.29 is 0 Å². The standard InChI is InChI=1S/C43H25NS2/c44-26-27-9-8-12-29(21-27)32-23-36(30-18-20-41-38(22-30)34-14-5-7-16-40(34)45-41)43(28-10-2-1-3-11-28)37(24-32)31-17-19-35-33-13-4-6-15-39(33)46-42(35)25-31/h1-25H. The first kappa shape index (κ1) is 26.8. The van der Waals surface area contributed by atoms with E-state index in [1.165, 1.54) is 73.7 Å². The maximum Gasteiger partial charge on any atom is 0.0991 e. The van der Waals surface area contributed by atoms with Crippen LogP contribution in [0.1, 0.15) is 5.56 Å². The lowest BCUT2D eigenvalue weighted by molar-refractivity contribution is 1.48. The number of hydrogen-bond acceptors (Lipinski definition) is 3. The molecule has 0 aliphatic heterocycles. The molecule has 2 heterocycles. The number of nitriles is 1. The summed E-state index contributed by atoms with van der Waals surface area (Å²) in [5.74, 6) is 0. The first-order valence-corrected chi connectivity index (χ1v) is 16.9. The zero-order chi connectivity index (χ0) is 30.6. The molecular formula is C43H25NS2. The Morgan fingerprint density at radius 1 is 0.370 bits per heavy atom. The van der Waals surface area contributed by atoms with Crippen molar-refractivity contribution in [3.63, 3.8) is 0 Å². The van der Waals surface area contributed by atoms with Gasteiger partial charge in [-0.15, -0.1) is 22.7 Å². The molecule has 0 aliphatic carbocycles. The summed E-state index contributed by atoms with van der Waals surface area (Å²) in [5.41, 5.74) is 9.88. The Bertz CT molecular complexity index is 2650. The first-order valence-electron chi connectivity index (χ1n) is 15.3. The minimum absolute atomic E-state index is 0.658. The summed E-state index contributed by atoms with van der Waals surface area (Å²) in [4.78, 5) is 0. The van der Waals surface area contributed by atoms with Gasteiger partial charge in [0.25, 0.3) is 0 Å². The van der Waals surface area contributed by atoms with Crippen molar-refractivity contribution in [1.29, 1.82) is 5.26 Å². The van der Waals surface area contributed by atoms with Gasteiger partial charge in [0.15, 0.2) is 0 Å². The molecule has 3 heteroatoms. The highest BCUT2D eigenvalue weighted by Crippen LogP contribution is 2.46. The molecule has 9 aromatic rings. The fourth-order valence-corrected chi connectivity index (χ4v) is 8.97. The second-order valence-corrected chi connectivity index (χ2v) is 13.8. The summed E-state index contributed by atoms with van der Waals surface area (Å²) >= 11 is 3.69. The van der Waals surface area contributed by atoms with Gasteiger partial charge in [-0.2, -0.15) is 5.26 Å². The third-order valence-electron chi connectivity index (χ3n) is 8.90. The summed E-state index contributed by atoms with van der Waals surface area (Å²) in [6.07, 6.45) is 0. The highest BCUT2D eigenvalue weighted by atomic mass is 32.1. The van der Waals surface area contributed by atoms with E-state index in [2.05, 4.69) is 140 Å². The molecule has 0 atom stereocenters. The third kappa shape index (κ3) is 4.43. The second kappa shape index (κ2) is 10.8. The van der Waals surface area contributed by atoms with Gasteiger partial charge in [0.2, 0.25) is 0 Å². The van der Waals surface area contributed by atoms with E-state index in [-0.39, 0.29) is 0 Å². The first-order chi connectivity index (χ1) is 22.7. The van der Waals surface area contributed by atoms with Crippen molar-refractivity contribution in [1.82, 2.24) is 0 Å². The smallest absolute Gasteiger partial charge is 0.0991 e. The van der Waals surface area contributed by atoms with Gasteiger partial charge in [-0.3, -0.25) is 0 Å². The molecule has 0 radical (unpaired) electrons. The Hall–Kier alpha value is -5.53. The number of fused-ring (bicyclic) bond motifs is 6. The van der Waals surface area contributed by atoms with Crippen LogP contribution in [-0.2, 0) is 0 Å². The number of benzene rings is 7. The van der Waals surface area contributed by atoms with E-state index in [1.807, 2.05) is 40.9 Å². The van der Waals surface area contributed by atoms with Crippen LogP contribution in [0.2, 0.25) is 0 Å². The van der Waals surface area contributed by atoms with Crippen LogP contribution in [-0.4, -0.2) is 0 Å². The lowest BCUT2D eigenvalue weighted by atomic mass is 9.84. The van der Waals surface area contributed by atoms with Crippen molar-refractivity contribution in [3.05, 3.63) is 157 Å². The van der Waals surface area contributed by atoms with Crippen LogP contribution in [0.5, 0.6) is 0 Å². The van der Waals surface area contributed by atoms with Crippen LogP contribution < -0.4 is 0 Å². The topological polar surface area (TPSA) is 23.8 Å². The molecule has 0 bridgehead atoms. The fraction of sp³-hybridized carbons (Fsp3) is 0. The molecule has 0 unspecified atom stereocenters. The highest BCUT2D eigenvalue weighted by Gasteiger charge is 2.19.